The van der Waals surface area contributed by atoms with E-state index in [4.69, 9.17) is 0 Å². The molecule has 5 heteroatoms. The summed E-state index contributed by atoms with van der Waals surface area (Å²) in [6.07, 6.45) is 0. The first-order chi connectivity index (χ1) is 6.57. The third-order valence-corrected chi connectivity index (χ3v) is 2.36. The average molecular weight is 263 g/mol. The lowest BCUT2D eigenvalue weighted by Gasteiger charge is -1.99. The van der Waals surface area contributed by atoms with Crippen LogP contribution in [0.1, 0.15) is 29.9 Å². The smallest absolute Gasteiger partial charge is 0.356 e. The molecule has 0 unspecified atom stereocenters. The Balaban J connectivity index is 0.000000791. The third kappa shape index (κ3) is 2.57. The molecule has 0 fully saturated rings. The first kappa shape index (κ1) is 13.2. The number of methoxy groups -OCH3 is 1. The van der Waals surface area contributed by atoms with Gasteiger partial charge in [0.2, 0.25) is 0 Å². The maximum Gasteiger partial charge on any atom is 0.356 e. The maximum absolute atomic E-state index is 11.2. The standard InChI is InChI=1S/C7H9BrN2O2.C2H6/c1-4-5(7(11)12-3)10(2)9-6(4)8;1-2/h1-3H3;1-2H3. The molecule has 1 aromatic rings. The lowest BCUT2D eigenvalue weighted by Crippen LogP contribution is -2.09. The van der Waals surface area contributed by atoms with Crippen molar-refractivity contribution in [2.45, 2.75) is 20.8 Å². The van der Waals surface area contributed by atoms with Crippen molar-refractivity contribution in [1.82, 2.24) is 9.78 Å². The van der Waals surface area contributed by atoms with Crippen molar-refractivity contribution in [3.63, 3.8) is 0 Å². The van der Waals surface area contributed by atoms with Crippen molar-refractivity contribution in [2.75, 3.05) is 7.11 Å². The van der Waals surface area contributed by atoms with Crippen LogP contribution in [0.3, 0.4) is 0 Å². The number of rotatable bonds is 1. The van der Waals surface area contributed by atoms with Gasteiger partial charge in [0, 0.05) is 12.6 Å². The van der Waals surface area contributed by atoms with Crippen molar-refractivity contribution in [3.8, 4) is 0 Å². The highest BCUT2D eigenvalue weighted by Crippen LogP contribution is 2.18. The molecule has 14 heavy (non-hydrogen) atoms. The number of aromatic nitrogens is 2. The number of esters is 1. The molecule has 0 aliphatic carbocycles. The summed E-state index contributed by atoms with van der Waals surface area (Å²) in [7, 11) is 3.05. The largest absolute Gasteiger partial charge is 0.464 e. The van der Waals surface area contributed by atoms with Crippen molar-refractivity contribution in [3.05, 3.63) is 15.9 Å². The lowest BCUT2D eigenvalue weighted by atomic mass is 10.3. The van der Waals surface area contributed by atoms with Gasteiger partial charge in [-0.2, -0.15) is 5.10 Å². The van der Waals surface area contributed by atoms with Gasteiger partial charge in [0.1, 0.15) is 10.3 Å². The van der Waals surface area contributed by atoms with Gasteiger partial charge < -0.3 is 4.74 Å². The van der Waals surface area contributed by atoms with Crippen LogP contribution >= 0.6 is 15.9 Å². The topological polar surface area (TPSA) is 44.1 Å². The number of nitrogens with zero attached hydrogens (tertiary/aromatic N) is 2. The number of ether oxygens (including phenoxy) is 1. The molecule has 0 amide bonds. The minimum absolute atomic E-state index is 0.367. The first-order valence-corrected chi connectivity index (χ1v) is 5.14. The van der Waals surface area contributed by atoms with E-state index in [0.29, 0.717) is 10.3 Å². The van der Waals surface area contributed by atoms with E-state index in [1.165, 1.54) is 11.8 Å². The Bertz CT molecular complexity index is 321. The Morgan fingerprint density at radius 1 is 1.50 bits per heavy atom. The van der Waals surface area contributed by atoms with E-state index >= 15 is 0 Å². The quantitative estimate of drug-likeness (QED) is 0.730. The van der Waals surface area contributed by atoms with Gasteiger partial charge >= 0.3 is 5.97 Å². The predicted octanol–water partition coefficient (Wildman–Crippen LogP) is 2.30. The highest BCUT2D eigenvalue weighted by molar-refractivity contribution is 9.10. The van der Waals surface area contributed by atoms with E-state index < -0.39 is 0 Å². The molecule has 0 aliphatic rings. The molecule has 1 aromatic heterocycles. The van der Waals surface area contributed by atoms with Crippen molar-refractivity contribution < 1.29 is 9.53 Å². The van der Waals surface area contributed by atoms with E-state index in [0.717, 1.165) is 5.56 Å². The Labute approximate surface area is 92.4 Å². The van der Waals surface area contributed by atoms with Gasteiger partial charge in [0.25, 0.3) is 0 Å². The van der Waals surface area contributed by atoms with E-state index in [-0.39, 0.29) is 5.97 Å². The molecule has 0 spiro atoms. The summed E-state index contributed by atoms with van der Waals surface area (Å²) in [5.74, 6) is -0.367. The van der Waals surface area contributed by atoms with Gasteiger partial charge in [-0.3, -0.25) is 4.68 Å². The summed E-state index contributed by atoms with van der Waals surface area (Å²) in [6, 6.07) is 0. The van der Waals surface area contributed by atoms with E-state index in [1.54, 1.807) is 7.05 Å². The summed E-state index contributed by atoms with van der Waals surface area (Å²) in [5.41, 5.74) is 1.27. The summed E-state index contributed by atoms with van der Waals surface area (Å²) >= 11 is 3.22. The second-order valence-corrected chi connectivity index (χ2v) is 3.13. The van der Waals surface area contributed by atoms with Crippen LogP contribution in [0.25, 0.3) is 0 Å². The van der Waals surface area contributed by atoms with Gasteiger partial charge in [-0.1, -0.05) is 13.8 Å². The van der Waals surface area contributed by atoms with Crippen molar-refractivity contribution >= 4 is 21.9 Å². The molecule has 0 saturated carbocycles. The molecule has 1 rings (SSSR count). The Hall–Kier alpha value is -0.840. The van der Waals surface area contributed by atoms with Crippen LogP contribution in [0.5, 0.6) is 0 Å². The van der Waals surface area contributed by atoms with Crippen molar-refractivity contribution in [1.29, 1.82) is 0 Å². The van der Waals surface area contributed by atoms with Gasteiger partial charge in [-0.15, -0.1) is 0 Å². The van der Waals surface area contributed by atoms with Gasteiger partial charge in [0.15, 0.2) is 0 Å². The average Bonchev–Trinajstić information content (AvgIpc) is 2.44. The molecular formula is C9H15BrN2O2. The number of hydrogen-bond acceptors (Lipinski definition) is 3. The number of halogens is 1. The molecule has 0 aromatic carbocycles. The van der Waals surface area contributed by atoms with Gasteiger partial charge in [-0.05, 0) is 22.9 Å². The second-order valence-electron chi connectivity index (χ2n) is 2.38. The van der Waals surface area contributed by atoms with Gasteiger partial charge in [-0.25, -0.2) is 4.79 Å². The zero-order valence-electron chi connectivity index (χ0n) is 9.09. The second kappa shape index (κ2) is 5.80. The number of hydrogen-bond donors (Lipinski definition) is 0. The Kier molecular flexibility index (Phi) is 5.45. The highest BCUT2D eigenvalue weighted by atomic mass is 79.9. The summed E-state index contributed by atoms with van der Waals surface area (Å²) in [4.78, 5) is 11.2. The fraction of sp³-hybridized carbons (Fsp3) is 0.556. The zero-order chi connectivity index (χ0) is 11.3. The normalized spacial score (nSPS) is 9.00. The van der Waals surface area contributed by atoms with E-state index in [2.05, 4.69) is 25.8 Å². The minimum Gasteiger partial charge on any atom is -0.464 e. The first-order valence-electron chi connectivity index (χ1n) is 4.35. The number of carbonyl (C=O) groups is 1. The molecule has 80 valence electrons. The van der Waals surface area contributed by atoms with E-state index in [9.17, 15) is 4.79 Å². The van der Waals surface area contributed by atoms with Crippen LogP contribution in [0, 0.1) is 6.92 Å². The van der Waals surface area contributed by atoms with Crippen LogP contribution in [-0.2, 0) is 11.8 Å². The van der Waals surface area contributed by atoms with Crippen LogP contribution in [0.2, 0.25) is 0 Å². The lowest BCUT2D eigenvalue weighted by molar-refractivity contribution is 0.0587. The summed E-state index contributed by atoms with van der Waals surface area (Å²) < 4.78 is 6.75. The highest BCUT2D eigenvalue weighted by Gasteiger charge is 2.17. The molecule has 0 bridgehead atoms. The number of carbonyl (C=O) groups excluding carboxylic acids is 1. The predicted molar refractivity (Wildman–Crippen MR) is 58.3 cm³/mol. The molecule has 0 aliphatic heterocycles. The monoisotopic (exact) mass is 262 g/mol. The molecule has 0 N–H and O–H groups in total. The van der Waals surface area contributed by atoms with Crippen LogP contribution in [0.4, 0.5) is 0 Å². The molecule has 0 saturated heterocycles. The molecule has 4 nitrogen and oxygen atoms in total. The summed E-state index contributed by atoms with van der Waals surface area (Å²) in [6.45, 7) is 5.81. The van der Waals surface area contributed by atoms with Crippen LogP contribution in [-0.4, -0.2) is 22.9 Å². The van der Waals surface area contributed by atoms with Crippen LogP contribution < -0.4 is 0 Å². The zero-order valence-corrected chi connectivity index (χ0v) is 10.7. The van der Waals surface area contributed by atoms with Crippen molar-refractivity contribution in [2.24, 2.45) is 7.05 Å². The maximum atomic E-state index is 11.2. The van der Waals surface area contributed by atoms with Crippen LogP contribution in [0.15, 0.2) is 4.60 Å². The van der Waals surface area contributed by atoms with Gasteiger partial charge in [0.05, 0.1) is 7.11 Å². The summed E-state index contributed by atoms with van der Waals surface area (Å²) in [5, 5.41) is 4.01. The minimum atomic E-state index is -0.367. The fourth-order valence-electron chi connectivity index (χ4n) is 0.979. The Morgan fingerprint density at radius 3 is 2.29 bits per heavy atom. The Morgan fingerprint density at radius 2 is 2.00 bits per heavy atom. The molecule has 1 heterocycles. The van der Waals surface area contributed by atoms with E-state index in [1.807, 2.05) is 20.8 Å². The molecular weight excluding hydrogens is 248 g/mol. The number of aryl methyl sites for hydroxylation is 1. The third-order valence-electron chi connectivity index (χ3n) is 1.60. The molecule has 0 radical (unpaired) electrons. The molecule has 0 atom stereocenters. The fourth-order valence-corrected chi connectivity index (χ4v) is 1.40. The SMILES string of the molecule is CC.COC(=O)c1c(C)c(Br)nn1C.